The summed E-state index contributed by atoms with van der Waals surface area (Å²) in [6.07, 6.45) is -0.629. The van der Waals surface area contributed by atoms with Gasteiger partial charge in [-0.05, 0) is 24.7 Å². The Morgan fingerprint density at radius 3 is 2.07 bits per heavy atom. The number of ether oxygens (including phenoxy) is 1. The highest BCUT2D eigenvalue weighted by Gasteiger charge is 2.43. The van der Waals surface area contributed by atoms with Gasteiger partial charge in [0.1, 0.15) is 0 Å². The van der Waals surface area contributed by atoms with Crippen molar-refractivity contribution in [3.63, 3.8) is 0 Å². The maximum Gasteiger partial charge on any atom is 0.244 e. The molecule has 1 aliphatic rings. The Kier molecular flexibility index (Phi) is 3.51. The fourth-order valence-electron chi connectivity index (χ4n) is 2.31. The van der Waals surface area contributed by atoms with Crippen LogP contribution in [0.15, 0.2) is 0 Å². The summed E-state index contributed by atoms with van der Waals surface area (Å²) >= 11 is 0. The number of alkyl halides is 2. The summed E-state index contributed by atoms with van der Waals surface area (Å²) in [6.45, 7) is 7.03. The van der Waals surface area contributed by atoms with Crippen LogP contribution in [0.3, 0.4) is 0 Å². The van der Waals surface area contributed by atoms with E-state index in [1.165, 1.54) is 0 Å². The van der Waals surface area contributed by atoms with Crippen LogP contribution >= 0.6 is 0 Å². The van der Waals surface area contributed by atoms with Crippen molar-refractivity contribution in [2.24, 2.45) is 10.8 Å². The molecule has 1 fully saturated rings. The van der Waals surface area contributed by atoms with Crippen molar-refractivity contribution < 1.29 is 13.5 Å². The third-order valence-electron chi connectivity index (χ3n) is 2.83. The van der Waals surface area contributed by atoms with Gasteiger partial charge in [0, 0.05) is 18.6 Å². The van der Waals surface area contributed by atoms with Crippen LogP contribution in [0.4, 0.5) is 8.78 Å². The van der Waals surface area contributed by atoms with E-state index in [2.05, 4.69) is 0 Å². The second kappa shape index (κ2) is 4.13. The predicted octanol–water partition coefficient (Wildman–Crippen LogP) is 3.48. The van der Waals surface area contributed by atoms with Crippen molar-refractivity contribution >= 4 is 0 Å². The third kappa shape index (κ3) is 2.91. The molecule has 0 aromatic rings. The number of hydrogen-bond acceptors (Lipinski definition) is 1. The van der Waals surface area contributed by atoms with Gasteiger partial charge in [0.05, 0.1) is 0 Å². The Balaban J connectivity index is 2.71. The molecule has 0 aromatic heterocycles. The lowest BCUT2D eigenvalue weighted by Crippen LogP contribution is -2.39. The van der Waals surface area contributed by atoms with Gasteiger partial charge in [0.25, 0.3) is 0 Å². The van der Waals surface area contributed by atoms with Crippen molar-refractivity contribution in [2.45, 2.75) is 46.5 Å². The van der Waals surface area contributed by atoms with E-state index < -0.39 is 11.8 Å². The standard InChI is InChI=1S/C11H20F2O/c1-10(2,3)8-11(9(12)13)4-6-14-7-5-11/h9H,4-8H2,1-3H3. The first-order chi connectivity index (χ1) is 6.36. The van der Waals surface area contributed by atoms with Crippen molar-refractivity contribution in [3.8, 4) is 0 Å². The van der Waals surface area contributed by atoms with Crippen molar-refractivity contribution in [3.05, 3.63) is 0 Å². The minimum absolute atomic E-state index is 0.0340. The lowest BCUT2D eigenvalue weighted by atomic mass is 9.69. The second-order valence-corrected chi connectivity index (χ2v) is 5.51. The van der Waals surface area contributed by atoms with E-state index >= 15 is 0 Å². The van der Waals surface area contributed by atoms with Crippen molar-refractivity contribution in [2.75, 3.05) is 13.2 Å². The highest BCUT2D eigenvalue weighted by atomic mass is 19.3. The second-order valence-electron chi connectivity index (χ2n) is 5.51. The SMILES string of the molecule is CC(C)(C)CC1(C(F)F)CCOCC1. The van der Waals surface area contributed by atoms with Crippen LogP contribution < -0.4 is 0 Å². The summed E-state index contributed by atoms with van der Waals surface area (Å²) in [7, 11) is 0. The first-order valence-electron chi connectivity index (χ1n) is 5.22. The number of hydrogen-bond donors (Lipinski definition) is 0. The summed E-state index contributed by atoms with van der Waals surface area (Å²) in [5, 5.41) is 0. The van der Waals surface area contributed by atoms with Crippen LogP contribution in [0.5, 0.6) is 0 Å². The molecule has 3 heteroatoms. The Morgan fingerprint density at radius 2 is 1.71 bits per heavy atom. The maximum atomic E-state index is 13.1. The summed E-state index contributed by atoms with van der Waals surface area (Å²) in [5.41, 5.74) is -0.829. The van der Waals surface area contributed by atoms with Gasteiger partial charge in [-0.2, -0.15) is 0 Å². The molecule has 0 amide bonds. The van der Waals surface area contributed by atoms with Crippen LogP contribution in [-0.4, -0.2) is 19.6 Å². The minimum atomic E-state index is -2.22. The molecule has 0 radical (unpaired) electrons. The molecule has 1 rings (SSSR count). The largest absolute Gasteiger partial charge is 0.381 e. The smallest absolute Gasteiger partial charge is 0.244 e. The van der Waals surface area contributed by atoms with Gasteiger partial charge in [-0.15, -0.1) is 0 Å². The van der Waals surface area contributed by atoms with Crippen LogP contribution in [0, 0.1) is 10.8 Å². The van der Waals surface area contributed by atoms with Crippen LogP contribution in [0.1, 0.15) is 40.0 Å². The molecule has 1 aliphatic heterocycles. The quantitative estimate of drug-likeness (QED) is 0.672. The predicted molar refractivity (Wildman–Crippen MR) is 52.6 cm³/mol. The molecule has 0 bridgehead atoms. The van der Waals surface area contributed by atoms with Gasteiger partial charge >= 0.3 is 0 Å². The van der Waals surface area contributed by atoms with Gasteiger partial charge in [-0.1, -0.05) is 20.8 Å². The molecule has 14 heavy (non-hydrogen) atoms. The Morgan fingerprint density at radius 1 is 1.21 bits per heavy atom. The molecule has 84 valence electrons. The third-order valence-corrected chi connectivity index (χ3v) is 2.83. The molecule has 1 nitrogen and oxygen atoms in total. The van der Waals surface area contributed by atoms with Crippen molar-refractivity contribution in [1.29, 1.82) is 0 Å². The minimum Gasteiger partial charge on any atom is -0.381 e. The molecule has 0 spiro atoms. The van der Waals surface area contributed by atoms with Crippen LogP contribution in [0.25, 0.3) is 0 Å². The molecule has 1 saturated heterocycles. The summed E-state index contributed by atoms with van der Waals surface area (Å²) in [5.74, 6) is 0. The molecule has 0 saturated carbocycles. The average molecular weight is 206 g/mol. The first kappa shape index (κ1) is 11.9. The highest BCUT2D eigenvalue weighted by Crippen LogP contribution is 2.45. The maximum absolute atomic E-state index is 13.1. The monoisotopic (exact) mass is 206 g/mol. The van der Waals surface area contributed by atoms with E-state index in [1.54, 1.807) is 0 Å². The molecule has 0 N–H and O–H groups in total. The van der Waals surface area contributed by atoms with E-state index in [-0.39, 0.29) is 5.41 Å². The summed E-state index contributed by atoms with van der Waals surface area (Å²) in [4.78, 5) is 0. The van der Waals surface area contributed by atoms with Crippen LogP contribution in [-0.2, 0) is 4.74 Å². The normalized spacial score (nSPS) is 22.7. The molecule has 0 unspecified atom stereocenters. The first-order valence-corrected chi connectivity index (χ1v) is 5.22. The molecular weight excluding hydrogens is 186 g/mol. The summed E-state index contributed by atoms with van der Waals surface area (Å²) < 4.78 is 31.3. The summed E-state index contributed by atoms with van der Waals surface area (Å²) in [6, 6.07) is 0. The van der Waals surface area contributed by atoms with Crippen molar-refractivity contribution in [1.82, 2.24) is 0 Å². The zero-order valence-corrected chi connectivity index (χ0v) is 9.28. The van der Waals surface area contributed by atoms with Gasteiger partial charge < -0.3 is 4.74 Å². The van der Waals surface area contributed by atoms with E-state index in [4.69, 9.17) is 4.74 Å². The molecule has 0 aromatic carbocycles. The zero-order chi connectivity index (χ0) is 10.8. The van der Waals surface area contributed by atoms with Gasteiger partial charge in [-0.3, -0.25) is 0 Å². The van der Waals surface area contributed by atoms with Gasteiger partial charge in [0.15, 0.2) is 0 Å². The van der Waals surface area contributed by atoms with Gasteiger partial charge in [0.2, 0.25) is 6.43 Å². The number of rotatable bonds is 2. The molecular formula is C11H20F2O. The van der Waals surface area contributed by atoms with E-state index in [0.717, 1.165) is 0 Å². The fraction of sp³-hybridized carbons (Fsp3) is 1.00. The lowest BCUT2D eigenvalue weighted by Gasteiger charge is -2.40. The lowest BCUT2D eigenvalue weighted by molar-refractivity contribution is -0.0981. The highest BCUT2D eigenvalue weighted by molar-refractivity contribution is 4.88. The molecule has 0 aliphatic carbocycles. The topological polar surface area (TPSA) is 9.23 Å². The number of halogens is 2. The Hall–Kier alpha value is -0.180. The Labute approximate surface area is 84.8 Å². The van der Waals surface area contributed by atoms with E-state index in [1.807, 2.05) is 20.8 Å². The Bertz CT molecular complexity index is 178. The zero-order valence-electron chi connectivity index (χ0n) is 9.28. The van der Waals surface area contributed by atoms with E-state index in [0.29, 0.717) is 32.5 Å². The fourth-order valence-corrected chi connectivity index (χ4v) is 2.31. The van der Waals surface area contributed by atoms with Gasteiger partial charge in [-0.25, -0.2) is 8.78 Å². The average Bonchev–Trinajstić information content (AvgIpc) is 2.02. The van der Waals surface area contributed by atoms with E-state index in [9.17, 15) is 8.78 Å². The molecule has 0 atom stereocenters. The molecule has 1 heterocycles. The van der Waals surface area contributed by atoms with Crippen LogP contribution in [0.2, 0.25) is 0 Å².